The molecule has 1 atom stereocenters. The van der Waals surface area contributed by atoms with Crippen molar-refractivity contribution in [3.8, 4) is 10.6 Å². The summed E-state index contributed by atoms with van der Waals surface area (Å²) in [6.45, 7) is 4.00. The summed E-state index contributed by atoms with van der Waals surface area (Å²) in [6.07, 6.45) is 1.70. The molecule has 0 spiro atoms. The molecule has 0 aliphatic heterocycles. The van der Waals surface area contributed by atoms with E-state index in [1.54, 1.807) is 17.7 Å². The molecule has 0 aliphatic rings. The van der Waals surface area contributed by atoms with Crippen molar-refractivity contribution >= 4 is 22.4 Å². The van der Waals surface area contributed by atoms with E-state index in [1.807, 2.05) is 26.0 Å². The van der Waals surface area contributed by atoms with Crippen LogP contribution >= 0.6 is 11.3 Å². The van der Waals surface area contributed by atoms with Gasteiger partial charge >= 0.3 is 0 Å². The molecule has 1 unspecified atom stereocenters. The standard InChI is InChI=1S/C13H14N4S/c1-7(14)12-8(2)17-13(18-12)9-3-4-10-11(5-9)16-6-15-10/h3-7H,14H2,1-2H3,(H,15,16). The first-order valence-electron chi connectivity index (χ1n) is 5.81. The van der Waals surface area contributed by atoms with E-state index in [1.165, 1.54) is 0 Å². The molecule has 4 nitrogen and oxygen atoms in total. The molecule has 0 amide bonds. The molecular weight excluding hydrogens is 244 g/mol. The zero-order chi connectivity index (χ0) is 12.7. The minimum absolute atomic E-state index is 0.0344. The molecule has 2 heterocycles. The van der Waals surface area contributed by atoms with Crippen molar-refractivity contribution in [3.05, 3.63) is 35.1 Å². The van der Waals surface area contributed by atoms with Gasteiger partial charge in [-0.25, -0.2) is 9.97 Å². The Balaban J connectivity index is 2.10. The number of aromatic amines is 1. The first kappa shape index (κ1) is 11.4. The SMILES string of the molecule is Cc1nc(-c2ccc3nc[nH]c3c2)sc1C(C)N. The van der Waals surface area contributed by atoms with Gasteiger partial charge in [-0.15, -0.1) is 11.3 Å². The largest absolute Gasteiger partial charge is 0.345 e. The van der Waals surface area contributed by atoms with E-state index in [0.29, 0.717) is 0 Å². The summed E-state index contributed by atoms with van der Waals surface area (Å²) in [6, 6.07) is 6.16. The summed E-state index contributed by atoms with van der Waals surface area (Å²) in [5.41, 5.74) is 10.1. The van der Waals surface area contributed by atoms with Crippen LogP contribution in [0.4, 0.5) is 0 Å². The van der Waals surface area contributed by atoms with Crippen molar-refractivity contribution in [1.29, 1.82) is 0 Å². The fourth-order valence-corrected chi connectivity index (χ4v) is 3.04. The van der Waals surface area contributed by atoms with Gasteiger partial charge in [-0.2, -0.15) is 0 Å². The van der Waals surface area contributed by atoms with Crippen molar-refractivity contribution in [2.45, 2.75) is 19.9 Å². The zero-order valence-electron chi connectivity index (χ0n) is 10.3. The van der Waals surface area contributed by atoms with Gasteiger partial charge in [0.25, 0.3) is 0 Å². The predicted octanol–water partition coefficient (Wildman–Crippen LogP) is 3.01. The third kappa shape index (κ3) is 1.81. The molecule has 92 valence electrons. The molecule has 0 saturated heterocycles. The topological polar surface area (TPSA) is 67.6 Å². The number of aryl methyl sites for hydroxylation is 1. The van der Waals surface area contributed by atoms with Crippen LogP contribution in [0.5, 0.6) is 0 Å². The average Bonchev–Trinajstić information content (AvgIpc) is 2.93. The molecule has 2 aromatic heterocycles. The Morgan fingerprint density at radius 1 is 1.39 bits per heavy atom. The summed E-state index contributed by atoms with van der Waals surface area (Å²) < 4.78 is 0. The number of hydrogen-bond acceptors (Lipinski definition) is 4. The summed E-state index contributed by atoms with van der Waals surface area (Å²) in [7, 11) is 0. The van der Waals surface area contributed by atoms with Crippen LogP contribution in [-0.2, 0) is 0 Å². The second-order valence-corrected chi connectivity index (χ2v) is 5.42. The molecule has 3 aromatic rings. The minimum Gasteiger partial charge on any atom is -0.345 e. The molecule has 0 aliphatic carbocycles. The van der Waals surface area contributed by atoms with Gasteiger partial charge in [0.05, 0.1) is 23.1 Å². The smallest absolute Gasteiger partial charge is 0.123 e. The number of nitrogens with two attached hydrogens (primary N) is 1. The Morgan fingerprint density at radius 3 is 2.94 bits per heavy atom. The van der Waals surface area contributed by atoms with E-state index in [2.05, 4.69) is 21.0 Å². The van der Waals surface area contributed by atoms with Crippen molar-refractivity contribution in [1.82, 2.24) is 15.0 Å². The molecule has 18 heavy (non-hydrogen) atoms. The van der Waals surface area contributed by atoms with Crippen molar-refractivity contribution < 1.29 is 0 Å². The van der Waals surface area contributed by atoms with Crippen LogP contribution in [-0.4, -0.2) is 15.0 Å². The van der Waals surface area contributed by atoms with E-state index in [9.17, 15) is 0 Å². The first-order valence-corrected chi connectivity index (χ1v) is 6.63. The lowest BCUT2D eigenvalue weighted by molar-refractivity contribution is 0.825. The summed E-state index contributed by atoms with van der Waals surface area (Å²) in [5.74, 6) is 0. The van der Waals surface area contributed by atoms with Gasteiger partial charge in [0.1, 0.15) is 5.01 Å². The van der Waals surface area contributed by atoms with Gasteiger partial charge in [-0.1, -0.05) is 0 Å². The van der Waals surface area contributed by atoms with Gasteiger partial charge < -0.3 is 10.7 Å². The highest BCUT2D eigenvalue weighted by Crippen LogP contribution is 2.31. The van der Waals surface area contributed by atoms with Crippen LogP contribution in [0.15, 0.2) is 24.5 Å². The van der Waals surface area contributed by atoms with Gasteiger partial charge in [0, 0.05) is 16.5 Å². The second kappa shape index (κ2) is 4.19. The van der Waals surface area contributed by atoms with Crippen LogP contribution in [0, 0.1) is 6.92 Å². The van der Waals surface area contributed by atoms with Gasteiger partial charge in [0.2, 0.25) is 0 Å². The Hall–Kier alpha value is -1.72. The summed E-state index contributed by atoms with van der Waals surface area (Å²) >= 11 is 1.66. The molecule has 0 fully saturated rings. The Morgan fingerprint density at radius 2 is 2.22 bits per heavy atom. The minimum atomic E-state index is 0.0344. The second-order valence-electron chi connectivity index (χ2n) is 4.39. The summed E-state index contributed by atoms with van der Waals surface area (Å²) in [4.78, 5) is 13.1. The van der Waals surface area contributed by atoms with Crippen LogP contribution < -0.4 is 5.73 Å². The number of thiazole rings is 1. The number of nitrogens with one attached hydrogen (secondary N) is 1. The average molecular weight is 258 g/mol. The van der Waals surface area contributed by atoms with E-state index in [-0.39, 0.29) is 6.04 Å². The fraction of sp³-hybridized carbons (Fsp3) is 0.231. The highest BCUT2D eigenvalue weighted by Gasteiger charge is 2.12. The van der Waals surface area contributed by atoms with E-state index in [0.717, 1.165) is 32.2 Å². The van der Waals surface area contributed by atoms with Crippen LogP contribution in [0.2, 0.25) is 0 Å². The highest BCUT2D eigenvalue weighted by atomic mass is 32.1. The van der Waals surface area contributed by atoms with Crippen molar-refractivity contribution in [2.75, 3.05) is 0 Å². The molecule has 0 radical (unpaired) electrons. The number of H-pyrrole nitrogens is 1. The molecular formula is C13H14N4S. The maximum atomic E-state index is 5.93. The molecule has 1 aromatic carbocycles. The predicted molar refractivity (Wildman–Crippen MR) is 74.5 cm³/mol. The normalized spacial score (nSPS) is 13.1. The molecule has 5 heteroatoms. The summed E-state index contributed by atoms with van der Waals surface area (Å²) in [5, 5.41) is 1.01. The number of fused-ring (bicyclic) bond motifs is 1. The van der Waals surface area contributed by atoms with Gasteiger partial charge in [-0.05, 0) is 32.0 Å². The quantitative estimate of drug-likeness (QED) is 0.742. The first-order chi connectivity index (χ1) is 8.65. The maximum Gasteiger partial charge on any atom is 0.123 e. The van der Waals surface area contributed by atoms with E-state index in [4.69, 9.17) is 5.73 Å². The third-order valence-corrected chi connectivity index (χ3v) is 4.32. The van der Waals surface area contributed by atoms with E-state index >= 15 is 0 Å². The highest BCUT2D eigenvalue weighted by molar-refractivity contribution is 7.15. The van der Waals surface area contributed by atoms with E-state index < -0.39 is 0 Å². The maximum absolute atomic E-state index is 5.93. The van der Waals surface area contributed by atoms with Crippen LogP contribution in [0.3, 0.4) is 0 Å². The van der Waals surface area contributed by atoms with Gasteiger partial charge in [-0.3, -0.25) is 0 Å². The number of imidazole rings is 1. The lowest BCUT2D eigenvalue weighted by Crippen LogP contribution is -2.03. The lowest BCUT2D eigenvalue weighted by atomic mass is 10.2. The Labute approximate surface area is 109 Å². The van der Waals surface area contributed by atoms with Gasteiger partial charge in [0.15, 0.2) is 0 Å². The Kier molecular flexibility index (Phi) is 2.65. The van der Waals surface area contributed by atoms with Crippen LogP contribution in [0.25, 0.3) is 21.6 Å². The molecule has 0 saturated carbocycles. The number of benzene rings is 1. The molecule has 0 bridgehead atoms. The number of nitrogens with zero attached hydrogens (tertiary/aromatic N) is 2. The monoisotopic (exact) mass is 258 g/mol. The van der Waals surface area contributed by atoms with Crippen molar-refractivity contribution in [3.63, 3.8) is 0 Å². The third-order valence-electron chi connectivity index (χ3n) is 2.91. The van der Waals surface area contributed by atoms with Crippen molar-refractivity contribution in [2.24, 2.45) is 5.73 Å². The number of rotatable bonds is 2. The number of hydrogen-bond donors (Lipinski definition) is 2. The number of aromatic nitrogens is 3. The molecule has 3 N–H and O–H groups in total. The fourth-order valence-electron chi connectivity index (χ4n) is 2.02. The van der Waals surface area contributed by atoms with Crippen LogP contribution in [0.1, 0.15) is 23.5 Å². The molecule has 3 rings (SSSR count). The zero-order valence-corrected chi connectivity index (χ0v) is 11.1. The lowest BCUT2D eigenvalue weighted by Gasteiger charge is -2.00. The Bertz CT molecular complexity index is 696.